The molecule has 0 aliphatic carbocycles. The first-order valence-electron chi connectivity index (χ1n) is 5.92. The number of hydrogen-bond acceptors (Lipinski definition) is 3. The van der Waals surface area contributed by atoms with E-state index in [-0.39, 0.29) is 12.0 Å². The number of pyridine rings is 2. The van der Waals surface area contributed by atoms with Gasteiger partial charge in [-0.25, -0.2) is 0 Å². The van der Waals surface area contributed by atoms with Crippen LogP contribution in [0.25, 0.3) is 0 Å². The highest BCUT2D eigenvalue weighted by Gasteiger charge is 2.34. The van der Waals surface area contributed by atoms with Gasteiger partial charge in [0.05, 0.1) is 5.56 Å². The van der Waals surface area contributed by atoms with Crippen LogP contribution in [0.3, 0.4) is 0 Å². The Morgan fingerprint density at radius 2 is 1.70 bits per heavy atom. The van der Waals surface area contributed by atoms with Gasteiger partial charge in [-0.05, 0) is 30.2 Å². The molecule has 0 atom stereocenters. The molecule has 2 heterocycles. The molecule has 0 spiro atoms. The van der Waals surface area contributed by atoms with E-state index in [0.29, 0.717) is 6.42 Å². The van der Waals surface area contributed by atoms with E-state index in [2.05, 4.69) is 9.97 Å². The molecule has 2 aromatic heterocycles. The van der Waals surface area contributed by atoms with Crippen molar-refractivity contribution in [2.75, 3.05) is 0 Å². The largest absolute Gasteiger partial charge is 0.417 e. The van der Waals surface area contributed by atoms with E-state index < -0.39 is 17.5 Å². The van der Waals surface area contributed by atoms with Gasteiger partial charge in [-0.1, -0.05) is 0 Å². The number of aryl methyl sites for hydroxylation is 1. The van der Waals surface area contributed by atoms with Gasteiger partial charge in [0.1, 0.15) is 0 Å². The summed E-state index contributed by atoms with van der Waals surface area (Å²) in [6.07, 6.45) is 0.965. The number of halogens is 3. The zero-order valence-corrected chi connectivity index (χ0v) is 10.4. The predicted octanol–water partition coefficient (Wildman–Crippen LogP) is 3.31. The number of ketones is 1. The number of Topliss-reactive ketones (excluding diaryl/α,β-unsaturated/α-hetero) is 1. The first-order valence-corrected chi connectivity index (χ1v) is 5.92. The fourth-order valence-corrected chi connectivity index (χ4v) is 1.81. The number of alkyl halides is 3. The first-order chi connectivity index (χ1) is 9.48. The van der Waals surface area contributed by atoms with Crippen LogP contribution >= 0.6 is 0 Å². The van der Waals surface area contributed by atoms with E-state index in [9.17, 15) is 18.0 Å². The summed E-state index contributed by atoms with van der Waals surface area (Å²) in [6, 6.07) is 4.27. The lowest BCUT2D eigenvalue weighted by atomic mass is 10.0. The van der Waals surface area contributed by atoms with Crippen LogP contribution in [-0.4, -0.2) is 15.8 Å². The predicted molar refractivity (Wildman–Crippen MR) is 66.1 cm³/mol. The standard InChI is InChI=1S/C14H11F3N2O/c15-14(16,17)12-5-8-19-9-11(12)13(20)2-1-10-3-6-18-7-4-10/h3-9H,1-2H2. The molecule has 0 saturated heterocycles. The van der Waals surface area contributed by atoms with E-state index in [1.54, 1.807) is 24.5 Å². The lowest BCUT2D eigenvalue weighted by Gasteiger charge is -2.11. The van der Waals surface area contributed by atoms with Gasteiger partial charge in [-0.2, -0.15) is 13.2 Å². The van der Waals surface area contributed by atoms with Crippen LogP contribution in [0.5, 0.6) is 0 Å². The van der Waals surface area contributed by atoms with E-state index in [1.807, 2.05) is 0 Å². The second-order valence-electron chi connectivity index (χ2n) is 4.20. The van der Waals surface area contributed by atoms with Crippen molar-refractivity contribution in [2.24, 2.45) is 0 Å². The van der Waals surface area contributed by atoms with Crippen LogP contribution in [0.4, 0.5) is 13.2 Å². The number of nitrogens with zero attached hydrogens (tertiary/aromatic N) is 2. The Kier molecular flexibility index (Phi) is 4.12. The second kappa shape index (κ2) is 5.81. The molecule has 0 saturated carbocycles. The van der Waals surface area contributed by atoms with Gasteiger partial charge >= 0.3 is 6.18 Å². The molecule has 2 rings (SSSR count). The summed E-state index contributed by atoms with van der Waals surface area (Å²) < 4.78 is 38.4. The molecule has 104 valence electrons. The minimum atomic E-state index is -4.55. The molecular weight excluding hydrogens is 269 g/mol. The molecule has 0 unspecified atom stereocenters. The van der Waals surface area contributed by atoms with Gasteiger partial charge in [-0.3, -0.25) is 14.8 Å². The Morgan fingerprint density at radius 1 is 1.05 bits per heavy atom. The Labute approximate surface area is 113 Å². The Morgan fingerprint density at radius 3 is 2.35 bits per heavy atom. The molecule has 20 heavy (non-hydrogen) atoms. The van der Waals surface area contributed by atoms with Crippen molar-refractivity contribution in [3.63, 3.8) is 0 Å². The molecule has 6 heteroatoms. The van der Waals surface area contributed by atoms with Crippen molar-refractivity contribution in [1.29, 1.82) is 0 Å². The SMILES string of the molecule is O=C(CCc1ccncc1)c1cnccc1C(F)(F)F. The van der Waals surface area contributed by atoms with E-state index in [1.165, 1.54) is 0 Å². The molecule has 0 aliphatic heterocycles. The Balaban J connectivity index is 2.14. The minimum absolute atomic E-state index is 0.00120. The zero-order chi connectivity index (χ0) is 14.6. The van der Waals surface area contributed by atoms with Crippen molar-refractivity contribution in [2.45, 2.75) is 19.0 Å². The Bertz CT molecular complexity index is 597. The van der Waals surface area contributed by atoms with E-state index in [4.69, 9.17) is 0 Å². The number of hydrogen-bond donors (Lipinski definition) is 0. The molecule has 2 aromatic rings. The maximum Gasteiger partial charge on any atom is 0.417 e. The van der Waals surface area contributed by atoms with Crippen LogP contribution in [0, 0.1) is 0 Å². The molecule has 0 aromatic carbocycles. The fraction of sp³-hybridized carbons (Fsp3) is 0.214. The highest BCUT2D eigenvalue weighted by Crippen LogP contribution is 2.32. The minimum Gasteiger partial charge on any atom is -0.294 e. The van der Waals surface area contributed by atoms with Gasteiger partial charge in [0.25, 0.3) is 0 Å². The van der Waals surface area contributed by atoms with Gasteiger partial charge in [0.15, 0.2) is 5.78 Å². The van der Waals surface area contributed by atoms with Gasteiger partial charge in [0.2, 0.25) is 0 Å². The average Bonchev–Trinajstić information content (AvgIpc) is 2.45. The zero-order valence-electron chi connectivity index (χ0n) is 10.4. The monoisotopic (exact) mass is 280 g/mol. The molecule has 3 nitrogen and oxygen atoms in total. The van der Waals surface area contributed by atoms with Gasteiger partial charge < -0.3 is 0 Å². The van der Waals surface area contributed by atoms with Crippen LogP contribution in [0.15, 0.2) is 43.0 Å². The third-order valence-corrected chi connectivity index (χ3v) is 2.82. The van der Waals surface area contributed by atoms with Crippen molar-refractivity contribution in [3.05, 3.63) is 59.7 Å². The van der Waals surface area contributed by atoms with Crippen molar-refractivity contribution < 1.29 is 18.0 Å². The van der Waals surface area contributed by atoms with Crippen LogP contribution < -0.4 is 0 Å². The summed E-state index contributed by atoms with van der Waals surface area (Å²) in [4.78, 5) is 19.4. The number of aromatic nitrogens is 2. The summed E-state index contributed by atoms with van der Waals surface area (Å²) in [5.74, 6) is -0.567. The molecule has 0 amide bonds. The first kappa shape index (κ1) is 14.2. The summed E-state index contributed by atoms with van der Waals surface area (Å²) >= 11 is 0. The van der Waals surface area contributed by atoms with E-state index in [0.717, 1.165) is 24.0 Å². The molecule has 0 aliphatic rings. The lowest BCUT2D eigenvalue weighted by Crippen LogP contribution is -2.14. The summed E-state index contributed by atoms with van der Waals surface area (Å²) in [7, 11) is 0. The highest BCUT2D eigenvalue weighted by atomic mass is 19.4. The third-order valence-electron chi connectivity index (χ3n) is 2.82. The van der Waals surface area contributed by atoms with Crippen molar-refractivity contribution in [1.82, 2.24) is 9.97 Å². The van der Waals surface area contributed by atoms with Crippen LogP contribution in [0.1, 0.15) is 27.9 Å². The summed E-state index contributed by atoms with van der Waals surface area (Å²) in [5, 5.41) is 0. The Hall–Kier alpha value is -2.24. The highest BCUT2D eigenvalue weighted by molar-refractivity contribution is 5.97. The molecular formula is C14H11F3N2O. The van der Waals surface area contributed by atoms with Crippen LogP contribution in [-0.2, 0) is 12.6 Å². The molecule has 0 bridgehead atoms. The van der Waals surface area contributed by atoms with Gasteiger partial charge in [-0.15, -0.1) is 0 Å². The molecule has 0 radical (unpaired) electrons. The fourth-order valence-electron chi connectivity index (χ4n) is 1.81. The quantitative estimate of drug-likeness (QED) is 0.807. The maximum absolute atomic E-state index is 12.8. The number of carbonyl (C=O) groups excluding carboxylic acids is 1. The van der Waals surface area contributed by atoms with Crippen molar-refractivity contribution in [3.8, 4) is 0 Å². The van der Waals surface area contributed by atoms with E-state index >= 15 is 0 Å². The summed E-state index contributed by atoms with van der Waals surface area (Å²) in [6.45, 7) is 0. The number of rotatable bonds is 4. The second-order valence-corrected chi connectivity index (χ2v) is 4.20. The van der Waals surface area contributed by atoms with Crippen molar-refractivity contribution >= 4 is 5.78 Å². The topological polar surface area (TPSA) is 42.9 Å². The molecule has 0 fully saturated rings. The number of carbonyl (C=O) groups is 1. The normalized spacial score (nSPS) is 11.3. The molecule has 0 N–H and O–H groups in total. The average molecular weight is 280 g/mol. The third kappa shape index (κ3) is 3.40. The maximum atomic E-state index is 12.8. The van der Waals surface area contributed by atoms with Crippen LogP contribution in [0.2, 0.25) is 0 Å². The van der Waals surface area contributed by atoms with Gasteiger partial charge in [0, 0.05) is 36.8 Å². The summed E-state index contributed by atoms with van der Waals surface area (Å²) in [5.41, 5.74) is -0.466. The lowest BCUT2D eigenvalue weighted by molar-refractivity contribution is -0.138. The smallest absolute Gasteiger partial charge is 0.294 e.